The lowest BCUT2D eigenvalue weighted by Crippen LogP contribution is -2.47. The van der Waals surface area contributed by atoms with Crippen molar-refractivity contribution in [2.24, 2.45) is 7.05 Å². The van der Waals surface area contributed by atoms with Crippen LogP contribution < -0.4 is 0 Å². The number of carbonyl (C=O) groups is 1. The topological polar surface area (TPSA) is 41.4 Å². The summed E-state index contributed by atoms with van der Waals surface area (Å²) in [5, 5.41) is 5.15. The molecule has 2 fully saturated rings. The fourth-order valence-corrected chi connectivity index (χ4v) is 4.36. The number of aryl methyl sites for hydroxylation is 2. The first-order chi connectivity index (χ1) is 10.5. The van der Waals surface area contributed by atoms with E-state index >= 15 is 0 Å². The molecule has 2 aliphatic rings. The molecule has 0 radical (unpaired) electrons. The third-order valence-corrected chi connectivity index (χ3v) is 5.67. The number of halogens is 1. The number of hydrogen-bond donors (Lipinski definition) is 0. The largest absolute Gasteiger partial charge is 0.338 e. The first-order valence-corrected chi connectivity index (χ1v) is 8.56. The van der Waals surface area contributed by atoms with Gasteiger partial charge in [0.15, 0.2) is 0 Å². The molecule has 22 heavy (non-hydrogen) atoms. The maximum absolute atomic E-state index is 11.9. The quantitative estimate of drug-likeness (QED) is 0.857. The van der Waals surface area contributed by atoms with Crippen LogP contribution in [-0.2, 0) is 18.4 Å². The molecule has 3 rings (SSSR count). The Kier molecular flexibility index (Phi) is 4.46. The molecule has 1 amide bonds. The zero-order chi connectivity index (χ0) is 15.9. The van der Waals surface area contributed by atoms with Gasteiger partial charge in [-0.05, 0) is 39.2 Å². The van der Waals surface area contributed by atoms with Crippen molar-refractivity contribution in [2.45, 2.75) is 58.2 Å². The van der Waals surface area contributed by atoms with Gasteiger partial charge in [0.1, 0.15) is 5.15 Å². The Morgan fingerprint density at radius 1 is 1.27 bits per heavy atom. The molecule has 2 atom stereocenters. The second-order valence-corrected chi connectivity index (χ2v) is 6.94. The van der Waals surface area contributed by atoms with Crippen LogP contribution in [0.15, 0.2) is 0 Å². The van der Waals surface area contributed by atoms with Gasteiger partial charge >= 0.3 is 0 Å². The highest BCUT2D eigenvalue weighted by Crippen LogP contribution is 2.32. The summed E-state index contributed by atoms with van der Waals surface area (Å²) in [7, 11) is 1.88. The SMILES string of the molecule is CC(=O)N1CCC[C@@H]1[C@H]1CCCN1Cc1c(C)nn(C)c1Cl. The van der Waals surface area contributed by atoms with Gasteiger partial charge in [-0.15, -0.1) is 0 Å². The molecule has 0 spiro atoms. The van der Waals surface area contributed by atoms with Crippen LogP contribution >= 0.6 is 11.6 Å². The van der Waals surface area contributed by atoms with E-state index < -0.39 is 0 Å². The summed E-state index contributed by atoms with van der Waals surface area (Å²) >= 11 is 6.39. The average molecular weight is 325 g/mol. The first-order valence-electron chi connectivity index (χ1n) is 8.18. The lowest BCUT2D eigenvalue weighted by molar-refractivity contribution is -0.130. The number of carbonyl (C=O) groups excluding carboxylic acids is 1. The highest BCUT2D eigenvalue weighted by atomic mass is 35.5. The van der Waals surface area contributed by atoms with Crippen LogP contribution in [0.3, 0.4) is 0 Å². The van der Waals surface area contributed by atoms with Gasteiger partial charge in [-0.3, -0.25) is 14.4 Å². The van der Waals surface area contributed by atoms with Gasteiger partial charge in [0.2, 0.25) is 5.91 Å². The van der Waals surface area contributed by atoms with Crippen LogP contribution in [0.5, 0.6) is 0 Å². The molecule has 6 heteroatoms. The van der Waals surface area contributed by atoms with Crippen molar-refractivity contribution in [3.63, 3.8) is 0 Å². The van der Waals surface area contributed by atoms with Crippen molar-refractivity contribution in [3.05, 3.63) is 16.4 Å². The van der Waals surface area contributed by atoms with Crippen LogP contribution in [0.2, 0.25) is 5.15 Å². The summed E-state index contributed by atoms with van der Waals surface area (Å²) in [5.41, 5.74) is 2.14. The maximum Gasteiger partial charge on any atom is 0.219 e. The number of aromatic nitrogens is 2. The van der Waals surface area contributed by atoms with E-state index in [1.54, 1.807) is 11.6 Å². The molecule has 1 aromatic heterocycles. The van der Waals surface area contributed by atoms with Crippen molar-refractivity contribution in [3.8, 4) is 0 Å². The smallest absolute Gasteiger partial charge is 0.219 e. The third-order valence-electron chi connectivity index (χ3n) is 5.19. The molecule has 2 saturated heterocycles. The summed E-state index contributed by atoms with van der Waals surface area (Å²) in [6.45, 7) is 6.55. The monoisotopic (exact) mass is 324 g/mol. The Morgan fingerprint density at radius 3 is 2.59 bits per heavy atom. The van der Waals surface area contributed by atoms with Crippen molar-refractivity contribution in [1.29, 1.82) is 0 Å². The maximum atomic E-state index is 11.9. The molecule has 0 N–H and O–H groups in total. The molecule has 0 saturated carbocycles. The molecule has 0 bridgehead atoms. The second-order valence-electron chi connectivity index (χ2n) is 6.58. The zero-order valence-electron chi connectivity index (χ0n) is 13.7. The summed E-state index contributed by atoms with van der Waals surface area (Å²) in [6, 6.07) is 0.831. The van der Waals surface area contributed by atoms with E-state index in [0.29, 0.717) is 12.1 Å². The van der Waals surface area contributed by atoms with E-state index in [1.165, 1.54) is 12.8 Å². The summed E-state index contributed by atoms with van der Waals surface area (Å²) < 4.78 is 1.74. The number of hydrogen-bond acceptors (Lipinski definition) is 3. The van der Waals surface area contributed by atoms with E-state index in [1.807, 2.05) is 14.0 Å². The van der Waals surface area contributed by atoms with E-state index in [4.69, 9.17) is 11.6 Å². The van der Waals surface area contributed by atoms with E-state index in [-0.39, 0.29) is 5.91 Å². The van der Waals surface area contributed by atoms with Crippen LogP contribution in [0.25, 0.3) is 0 Å². The van der Waals surface area contributed by atoms with E-state index in [9.17, 15) is 4.79 Å². The molecule has 2 aliphatic heterocycles. The lowest BCUT2D eigenvalue weighted by Gasteiger charge is -2.34. The minimum Gasteiger partial charge on any atom is -0.338 e. The minimum atomic E-state index is 0.213. The summed E-state index contributed by atoms with van der Waals surface area (Å²) in [5.74, 6) is 0.213. The predicted octanol–water partition coefficient (Wildman–Crippen LogP) is 2.36. The second kappa shape index (κ2) is 6.20. The van der Waals surface area contributed by atoms with Gasteiger partial charge in [0.05, 0.1) is 5.69 Å². The van der Waals surface area contributed by atoms with Gasteiger partial charge in [0, 0.05) is 44.7 Å². The van der Waals surface area contributed by atoms with Gasteiger partial charge < -0.3 is 4.90 Å². The van der Waals surface area contributed by atoms with Gasteiger partial charge in [-0.1, -0.05) is 11.6 Å². The minimum absolute atomic E-state index is 0.213. The van der Waals surface area contributed by atoms with Crippen molar-refractivity contribution < 1.29 is 4.79 Å². The molecular formula is C16H25ClN4O. The zero-order valence-corrected chi connectivity index (χ0v) is 14.4. The average Bonchev–Trinajstić information content (AvgIpc) is 3.15. The van der Waals surface area contributed by atoms with Gasteiger partial charge in [-0.2, -0.15) is 5.10 Å². The predicted molar refractivity (Wildman–Crippen MR) is 86.8 cm³/mol. The third kappa shape index (κ3) is 2.76. The highest BCUT2D eigenvalue weighted by Gasteiger charge is 2.39. The molecule has 3 heterocycles. The Balaban J connectivity index is 1.77. The molecule has 5 nitrogen and oxygen atoms in total. The molecule has 0 unspecified atom stereocenters. The standard InChI is InChI=1S/C16H25ClN4O/c1-11-13(16(17)19(3)18-11)10-20-8-4-6-14(20)15-7-5-9-21(15)12(2)22/h14-15H,4-10H2,1-3H3/t14-,15-/m1/s1. The molecule has 122 valence electrons. The molecule has 1 aromatic rings. The summed E-state index contributed by atoms with van der Waals surface area (Å²) in [4.78, 5) is 16.4. The number of rotatable bonds is 3. The van der Waals surface area contributed by atoms with Gasteiger partial charge in [0.25, 0.3) is 0 Å². The first kappa shape index (κ1) is 15.8. The van der Waals surface area contributed by atoms with E-state index in [0.717, 1.165) is 48.9 Å². The van der Waals surface area contributed by atoms with Crippen LogP contribution in [0, 0.1) is 6.92 Å². The number of likely N-dealkylation sites (tertiary alicyclic amines) is 2. The van der Waals surface area contributed by atoms with Crippen LogP contribution in [0.4, 0.5) is 0 Å². The number of amides is 1. The Hall–Kier alpha value is -1.07. The number of nitrogens with zero attached hydrogens (tertiary/aromatic N) is 4. The molecule has 0 aromatic carbocycles. The highest BCUT2D eigenvalue weighted by molar-refractivity contribution is 6.30. The Labute approximate surface area is 137 Å². The normalized spacial score (nSPS) is 26.1. The fourth-order valence-electron chi connectivity index (χ4n) is 4.12. The molecular weight excluding hydrogens is 300 g/mol. The summed E-state index contributed by atoms with van der Waals surface area (Å²) in [6.07, 6.45) is 4.62. The molecule has 0 aliphatic carbocycles. The van der Waals surface area contributed by atoms with Crippen molar-refractivity contribution in [2.75, 3.05) is 13.1 Å². The fraction of sp³-hybridized carbons (Fsp3) is 0.750. The van der Waals surface area contributed by atoms with Gasteiger partial charge in [-0.25, -0.2) is 0 Å². The van der Waals surface area contributed by atoms with Crippen molar-refractivity contribution in [1.82, 2.24) is 19.6 Å². The van der Waals surface area contributed by atoms with Crippen LogP contribution in [0.1, 0.15) is 43.9 Å². The van der Waals surface area contributed by atoms with E-state index in [2.05, 4.69) is 14.9 Å². The Morgan fingerprint density at radius 2 is 1.95 bits per heavy atom. The lowest BCUT2D eigenvalue weighted by atomic mass is 10.0. The van der Waals surface area contributed by atoms with Crippen molar-refractivity contribution >= 4 is 17.5 Å². The van der Waals surface area contributed by atoms with Crippen LogP contribution in [-0.4, -0.2) is 50.7 Å². The Bertz CT molecular complexity index is 571.